The lowest BCUT2D eigenvalue weighted by atomic mass is 10.1. The van der Waals surface area contributed by atoms with Gasteiger partial charge in [-0.25, -0.2) is 9.97 Å². The maximum atomic E-state index is 5.47. The molecule has 1 N–H and O–H groups in total. The van der Waals surface area contributed by atoms with E-state index in [1.165, 1.54) is 12.8 Å². The van der Waals surface area contributed by atoms with Gasteiger partial charge in [0.25, 0.3) is 0 Å². The predicted molar refractivity (Wildman–Crippen MR) is 74.1 cm³/mol. The van der Waals surface area contributed by atoms with E-state index < -0.39 is 0 Å². The molecule has 0 atom stereocenters. The summed E-state index contributed by atoms with van der Waals surface area (Å²) in [6.45, 7) is 0. The van der Waals surface area contributed by atoms with Gasteiger partial charge in [-0.1, -0.05) is 0 Å². The SMILES string of the molecule is c1coc(-c2cnc(NC3CC3)nc2-c2ccco2)c1. The molecule has 0 spiro atoms. The van der Waals surface area contributed by atoms with Crippen molar-refractivity contribution in [2.24, 2.45) is 0 Å². The van der Waals surface area contributed by atoms with Crippen molar-refractivity contribution in [3.63, 3.8) is 0 Å². The van der Waals surface area contributed by atoms with Crippen LogP contribution in [0.3, 0.4) is 0 Å². The molecule has 3 heterocycles. The van der Waals surface area contributed by atoms with Crippen molar-refractivity contribution in [3.05, 3.63) is 43.0 Å². The third-order valence-electron chi connectivity index (χ3n) is 3.24. The van der Waals surface area contributed by atoms with E-state index in [1.807, 2.05) is 24.3 Å². The minimum absolute atomic E-state index is 0.508. The topological polar surface area (TPSA) is 64.1 Å². The lowest BCUT2D eigenvalue weighted by Crippen LogP contribution is -2.06. The second-order valence-corrected chi connectivity index (χ2v) is 4.83. The van der Waals surface area contributed by atoms with Crippen LogP contribution in [0, 0.1) is 0 Å². The highest BCUT2D eigenvalue weighted by atomic mass is 16.3. The smallest absolute Gasteiger partial charge is 0.223 e. The number of hydrogen-bond acceptors (Lipinski definition) is 5. The molecule has 0 unspecified atom stereocenters. The van der Waals surface area contributed by atoms with Crippen LogP contribution in [0.2, 0.25) is 0 Å². The molecule has 1 saturated carbocycles. The van der Waals surface area contributed by atoms with Gasteiger partial charge in [-0.15, -0.1) is 0 Å². The minimum atomic E-state index is 0.508. The first-order valence-corrected chi connectivity index (χ1v) is 6.61. The van der Waals surface area contributed by atoms with Gasteiger partial charge >= 0.3 is 0 Å². The van der Waals surface area contributed by atoms with Crippen molar-refractivity contribution in [3.8, 4) is 22.8 Å². The molecule has 3 aromatic rings. The van der Waals surface area contributed by atoms with Gasteiger partial charge in [0.05, 0.1) is 18.1 Å². The van der Waals surface area contributed by atoms with Crippen molar-refractivity contribution < 1.29 is 8.83 Å². The first kappa shape index (κ1) is 11.3. The average Bonchev–Trinajstić information content (AvgIpc) is 3.00. The summed E-state index contributed by atoms with van der Waals surface area (Å²) in [5.74, 6) is 2.07. The summed E-state index contributed by atoms with van der Waals surface area (Å²) in [4.78, 5) is 8.94. The van der Waals surface area contributed by atoms with E-state index in [2.05, 4.69) is 15.3 Å². The minimum Gasteiger partial charge on any atom is -0.464 e. The highest BCUT2D eigenvalue weighted by molar-refractivity contribution is 5.75. The zero-order chi connectivity index (χ0) is 13.4. The molecule has 0 bridgehead atoms. The molecule has 0 aromatic carbocycles. The van der Waals surface area contributed by atoms with Crippen LogP contribution in [0.25, 0.3) is 22.8 Å². The number of anilines is 1. The molecular formula is C15H13N3O2. The van der Waals surface area contributed by atoms with Gasteiger partial charge in [-0.05, 0) is 37.1 Å². The summed E-state index contributed by atoms with van der Waals surface area (Å²) in [5, 5.41) is 3.30. The molecular weight excluding hydrogens is 254 g/mol. The lowest BCUT2D eigenvalue weighted by Gasteiger charge is -2.07. The van der Waals surface area contributed by atoms with Gasteiger partial charge in [-0.3, -0.25) is 0 Å². The Labute approximate surface area is 115 Å². The molecule has 1 fully saturated rings. The molecule has 0 saturated heterocycles. The lowest BCUT2D eigenvalue weighted by molar-refractivity contribution is 0.573. The normalized spacial score (nSPS) is 14.4. The van der Waals surface area contributed by atoms with Crippen LogP contribution in [0.4, 0.5) is 5.95 Å². The first-order chi connectivity index (χ1) is 9.90. The van der Waals surface area contributed by atoms with Crippen molar-refractivity contribution >= 4 is 5.95 Å². The zero-order valence-corrected chi connectivity index (χ0v) is 10.7. The standard InChI is InChI=1S/C15H13N3O2/c1-3-12(19-7-1)11-9-16-15(17-10-5-6-10)18-14(11)13-4-2-8-20-13/h1-4,7-10H,5-6H2,(H,16,17,18). The number of nitrogens with zero attached hydrogens (tertiary/aromatic N) is 2. The number of nitrogens with one attached hydrogen (secondary N) is 1. The van der Waals surface area contributed by atoms with Gasteiger partial charge in [-0.2, -0.15) is 0 Å². The van der Waals surface area contributed by atoms with Crippen molar-refractivity contribution in [1.82, 2.24) is 9.97 Å². The summed E-state index contributed by atoms with van der Waals surface area (Å²) in [5.41, 5.74) is 1.56. The fourth-order valence-electron chi connectivity index (χ4n) is 2.07. The predicted octanol–water partition coefficient (Wildman–Crippen LogP) is 3.57. The summed E-state index contributed by atoms with van der Waals surface area (Å²) in [6.07, 6.45) is 7.40. The summed E-state index contributed by atoms with van der Waals surface area (Å²) in [6, 6.07) is 7.97. The summed E-state index contributed by atoms with van der Waals surface area (Å²) >= 11 is 0. The zero-order valence-electron chi connectivity index (χ0n) is 10.7. The number of rotatable bonds is 4. The van der Waals surface area contributed by atoms with Gasteiger partial charge in [0.2, 0.25) is 5.95 Å². The number of aromatic nitrogens is 2. The monoisotopic (exact) mass is 267 g/mol. The Morgan fingerprint density at radius 1 is 1.05 bits per heavy atom. The Kier molecular flexibility index (Phi) is 2.55. The van der Waals surface area contributed by atoms with Crippen LogP contribution >= 0.6 is 0 Å². The van der Waals surface area contributed by atoms with E-state index in [-0.39, 0.29) is 0 Å². The second-order valence-electron chi connectivity index (χ2n) is 4.83. The quantitative estimate of drug-likeness (QED) is 0.782. The van der Waals surface area contributed by atoms with Gasteiger partial charge in [0.15, 0.2) is 5.76 Å². The fourth-order valence-corrected chi connectivity index (χ4v) is 2.07. The highest BCUT2D eigenvalue weighted by Gasteiger charge is 2.23. The van der Waals surface area contributed by atoms with Crippen LogP contribution < -0.4 is 5.32 Å². The molecule has 20 heavy (non-hydrogen) atoms. The van der Waals surface area contributed by atoms with E-state index in [4.69, 9.17) is 8.83 Å². The second kappa shape index (κ2) is 4.52. The van der Waals surface area contributed by atoms with Gasteiger partial charge < -0.3 is 14.2 Å². The van der Waals surface area contributed by atoms with E-state index >= 15 is 0 Å². The molecule has 5 nitrogen and oxygen atoms in total. The molecule has 0 aliphatic heterocycles. The fraction of sp³-hybridized carbons (Fsp3) is 0.200. The molecule has 1 aliphatic rings. The Morgan fingerprint density at radius 2 is 1.80 bits per heavy atom. The van der Waals surface area contributed by atoms with Crippen LogP contribution in [-0.2, 0) is 0 Å². The van der Waals surface area contributed by atoms with Gasteiger partial charge in [0.1, 0.15) is 11.5 Å². The Morgan fingerprint density at radius 3 is 2.45 bits per heavy atom. The summed E-state index contributed by atoms with van der Waals surface area (Å²) in [7, 11) is 0. The highest BCUT2D eigenvalue weighted by Crippen LogP contribution is 2.32. The van der Waals surface area contributed by atoms with E-state index in [9.17, 15) is 0 Å². The molecule has 0 radical (unpaired) electrons. The van der Waals surface area contributed by atoms with Crippen molar-refractivity contribution in [2.75, 3.05) is 5.32 Å². The average molecular weight is 267 g/mol. The number of hydrogen-bond donors (Lipinski definition) is 1. The van der Waals surface area contributed by atoms with E-state index in [1.54, 1.807) is 18.7 Å². The maximum absolute atomic E-state index is 5.47. The van der Waals surface area contributed by atoms with Crippen LogP contribution in [0.15, 0.2) is 51.8 Å². The number of furan rings is 2. The Balaban J connectivity index is 1.81. The van der Waals surface area contributed by atoms with E-state index in [0.717, 1.165) is 17.0 Å². The van der Waals surface area contributed by atoms with Crippen molar-refractivity contribution in [2.45, 2.75) is 18.9 Å². The molecule has 5 heteroatoms. The Bertz CT molecular complexity index is 701. The largest absolute Gasteiger partial charge is 0.464 e. The van der Waals surface area contributed by atoms with Crippen LogP contribution in [0.1, 0.15) is 12.8 Å². The summed E-state index contributed by atoms with van der Waals surface area (Å²) < 4.78 is 10.9. The van der Waals surface area contributed by atoms with Crippen LogP contribution in [0.5, 0.6) is 0 Å². The third kappa shape index (κ3) is 2.07. The molecule has 1 aliphatic carbocycles. The molecule has 0 amide bonds. The third-order valence-corrected chi connectivity index (χ3v) is 3.24. The van der Waals surface area contributed by atoms with Crippen LogP contribution in [-0.4, -0.2) is 16.0 Å². The molecule has 100 valence electrons. The first-order valence-electron chi connectivity index (χ1n) is 6.61. The van der Waals surface area contributed by atoms with Gasteiger partial charge in [0, 0.05) is 12.2 Å². The van der Waals surface area contributed by atoms with E-state index in [0.29, 0.717) is 17.8 Å². The maximum Gasteiger partial charge on any atom is 0.223 e. The molecule has 3 aromatic heterocycles. The Hall–Kier alpha value is -2.56. The molecule has 4 rings (SSSR count). The van der Waals surface area contributed by atoms with Crippen molar-refractivity contribution in [1.29, 1.82) is 0 Å².